The minimum atomic E-state index is -0.578. The monoisotopic (exact) mass is 382 g/mol. The first kappa shape index (κ1) is 20.5. The van der Waals surface area contributed by atoms with Gasteiger partial charge in [0, 0.05) is 45.7 Å². The highest BCUT2D eigenvalue weighted by atomic mass is 16.5. The molecule has 0 radical (unpaired) electrons. The Morgan fingerprint density at radius 1 is 1.00 bits per heavy atom. The standard InChI is InChI=1S/C23H30N2O3/c1-2-22(27)21-10-6-7-11-23(21)28-18-20(26)17-25-14-12-24(13-15-25)16-19-8-4-3-5-9-19/h3-11,20,26H,2,12-18H2,1H3/t20-/m1/s1. The van der Waals surface area contributed by atoms with Crippen molar-refractivity contribution in [3.8, 4) is 5.75 Å². The summed E-state index contributed by atoms with van der Waals surface area (Å²) in [6.07, 6.45) is -0.138. The molecule has 150 valence electrons. The predicted octanol–water partition coefficient (Wildman–Crippen LogP) is 2.84. The van der Waals surface area contributed by atoms with Gasteiger partial charge in [-0.3, -0.25) is 14.6 Å². The first-order chi connectivity index (χ1) is 13.7. The van der Waals surface area contributed by atoms with Gasteiger partial charge in [-0.2, -0.15) is 0 Å². The van der Waals surface area contributed by atoms with E-state index in [9.17, 15) is 9.90 Å². The van der Waals surface area contributed by atoms with Crippen molar-refractivity contribution in [2.24, 2.45) is 0 Å². The normalized spacial score (nSPS) is 16.6. The lowest BCUT2D eigenvalue weighted by Gasteiger charge is -2.35. The summed E-state index contributed by atoms with van der Waals surface area (Å²) in [7, 11) is 0. The zero-order valence-electron chi connectivity index (χ0n) is 16.6. The van der Waals surface area contributed by atoms with Crippen LogP contribution in [0.2, 0.25) is 0 Å². The van der Waals surface area contributed by atoms with Gasteiger partial charge in [-0.25, -0.2) is 0 Å². The largest absolute Gasteiger partial charge is 0.490 e. The molecule has 5 heteroatoms. The number of piperazine rings is 1. The van der Waals surface area contributed by atoms with Gasteiger partial charge in [0.25, 0.3) is 0 Å². The number of aliphatic hydroxyl groups excluding tert-OH is 1. The van der Waals surface area contributed by atoms with Crippen LogP contribution >= 0.6 is 0 Å². The van der Waals surface area contributed by atoms with E-state index in [1.165, 1.54) is 5.56 Å². The van der Waals surface area contributed by atoms with E-state index in [1.807, 2.05) is 25.1 Å². The van der Waals surface area contributed by atoms with Crippen LogP contribution in [0, 0.1) is 0 Å². The fraction of sp³-hybridized carbons (Fsp3) is 0.435. The Morgan fingerprint density at radius 2 is 1.64 bits per heavy atom. The molecule has 1 heterocycles. The molecule has 0 aromatic heterocycles. The summed E-state index contributed by atoms with van der Waals surface area (Å²) < 4.78 is 5.76. The number of β-amino-alcohol motifs (C(OH)–C–C–N with tert-alkyl or cyclic N) is 1. The fourth-order valence-electron chi connectivity index (χ4n) is 3.52. The maximum atomic E-state index is 12.0. The van der Waals surface area contributed by atoms with Gasteiger partial charge in [-0.05, 0) is 17.7 Å². The quantitative estimate of drug-likeness (QED) is 0.676. The Morgan fingerprint density at radius 3 is 2.36 bits per heavy atom. The molecule has 2 aromatic rings. The lowest BCUT2D eigenvalue weighted by Crippen LogP contribution is -2.48. The summed E-state index contributed by atoms with van der Waals surface area (Å²) in [5.41, 5.74) is 1.93. The summed E-state index contributed by atoms with van der Waals surface area (Å²) in [5.74, 6) is 0.612. The average Bonchev–Trinajstić information content (AvgIpc) is 2.74. The number of benzene rings is 2. The number of rotatable bonds is 9. The number of aliphatic hydroxyl groups is 1. The van der Waals surface area contributed by atoms with Crippen LogP contribution in [0.1, 0.15) is 29.3 Å². The van der Waals surface area contributed by atoms with E-state index in [1.54, 1.807) is 12.1 Å². The van der Waals surface area contributed by atoms with Crippen LogP contribution in [0.3, 0.4) is 0 Å². The second-order valence-electron chi connectivity index (χ2n) is 7.30. The Bertz CT molecular complexity index is 743. The number of ketones is 1. The zero-order valence-corrected chi connectivity index (χ0v) is 16.6. The highest BCUT2D eigenvalue weighted by Crippen LogP contribution is 2.20. The lowest BCUT2D eigenvalue weighted by molar-refractivity contribution is 0.0443. The van der Waals surface area contributed by atoms with E-state index in [0.717, 1.165) is 32.7 Å². The number of Topliss-reactive ketones (excluding diaryl/α,β-unsaturated/α-hetero) is 1. The Labute approximate surface area is 167 Å². The second kappa shape index (κ2) is 10.4. The number of carbonyl (C=O) groups is 1. The third-order valence-corrected chi connectivity index (χ3v) is 5.12. The number of nitrogens with zero attached hydrogens (tertiary/aromatic N) is 2. The van der Waals surface area contributed by atoms with Crippen LogP contribution < -0.4 is 4.74 Å². The summed E-state index contributed by atoms with van der Waals surface area (Å²) in [6, 6.07) is 17.8. The van der Waals surface area contributed by atoms with Crippen molar-refractivity contribution in [2.45, 2.75) is 26.0 Å². The highest BCUT2D eigenvalue weighted by molar-refractivity contribution is 5.98. The van der Waals surface area contributed by atoms with Crippen LogP contribution in [0.15, 0.2) is 54.6 Å². The molecule has 1 aliphatic heterocycles. The van der Waals surface area contributed by atoms with Gasteiger partial charge in [0.1, 0.15) is 18.5 Å². The Balaban J connectivity index is 1.41. The molecule has 0 aliphatic carbocycles. The van der Waals surface area contributed by atoms with Gasteiger partial charge in [-0.15, -0.1) is 0 Å². The molecule has 1 N–H and O–H groups in total. The molecular weight excluding hydrogens is 352 g/mol. The minimum Gasteiger partial charge on any atom is -0.490 e. The molecule has 0 saturated carbocycles. The zero-order chi connectivity index (χ0) is 19.8. The number of hydrogen-bond donors (Lipinski definition) is 1. The van der Waals surface area contributed by atoms with E-state index in [-0.39, 0.29) is 12.4 Å². The molecule has 0 amide bonds. The molecule has 1 atom stereocenters. The van der Waals surface area contributed by atoms with Crippen molar-refractivity contribution in [1.82, 2.24) is 9.80 Å². The summed E-state index contributed by atoms with van der Waals surface area (Å²) >= 11 is 0. The lowest BCUT2D eigenvalue weighted by atomic mass is 10.1. The van der Waals surface area contributed by atoms with Gasteiger partial charge < -0.3 is 9.84 Å². The average molecular weight is 383 g/mol. The molecule has 0 unspecified atom stereocenters. The van der Waals surface area contributed by atoms with Crippen LogP contribution in [0.25, 0.3) is 0 Å². The number of para-hydroxylation sites is 1. The first-order valence-electron chi connectivity index (χ1n) is 10.1. The van der Waals surface area contributed by atoms with Crippen molar-refractivity contribution < 1.29 is 14.6 Å². The maximum absolute atomic E-state index is 12.0. The molecule has 0 bridgehead atoms. The smallest absolute Gasteiger partial charge is 0.166 e. The van der Waals surface area contributed by atoms with Gasteiger partial charge >= 0.3 is 0 Å². The third kappa shape index (κ3) is 5.89. The van der Waals surface area contributed by atoms with Crippen molar-refractivity contribution in [3.05, 3.63) is 65.7 Å². The van der Waals surface area contributed by atoms with Gasteiger partial charge in [0.15, 0.2) is 5.78 Å². The van der Waals surface area contributed by atoms with Crippen LogP contribution in [-0.2, 0) is 6.54 Å². The van der Waals surface area contributed by atoms with Crippen LogP contribution in [-0.4, -0.2) is 66.1 Å². The second-order valence-corrected chi connectivity index (χ2v) is 7.30. The molecular formula is C23H30N2O3. The molecule has 1 saturated heterocycles. The Hall–Kier alpha value is -2.21. The van der Waals surface area contributed by atoms with Crippen molar-refractivity contribution in [2.75, 3.05) is 39.3 Å². The van der Waals surface area contributed by atoms with Gasteiger partial charge in [-0.1, -0.05) is 49.4 Å². The summed E-state index contributed by atoms with van der Waals surface area (Å²) in [5, 5.41) is 10.4. The van der Waals surface area contributed by atoms with Crippen molar-refractivity contribution in [1.29, 1.82) is 0 Å². The number of ether oxygens (including phenoxy) is 1. The van der Waals surface area contributed by atoms with E-state index in [4.69, 9.17) is 4.74 Å². The minimum absolute atomic E-state index is 0.0552. The number of carbonyl (C=O) groups excluding carboxylic acids is 1. The fourth-order valence-corrected chi connectivity index (χ4v) is 3.52. The molecule has 1 fully saturated rings. The summed E-state index contributed by atoms with van der Waals surface area (Å²) in [6.45, 7) is 7.46. The van der Waals surface area contributed by atoms with E-state index in [2.05, 4.69) is 34.1 Å². The van der Waals surface area contributed by atoms with Crippen LogP contribution in [0.4, 0.5) is 0 Å². The molecule has 1 aliphatic rings. The molecule has 3 rings (SSSR count). The SMILES string of the molecule is CCC(=O)c1ccccc1OC[C@H](O)CN1CCN(Cc2ccccc2)CC1. The van der Waals surface area contributed by atoms with Crippen LogP contribution in [0.5, 0.6) is 5.75 Å². The van der Waals surface area contributed by atoms with E-state index < -0.39 is 6.10 Å². The van der Waals surface area contributed by atoms with Crippen molar-refractivity contribution in [3.63, 3.8) is 0 Å². The number of hydrogen-bond acceptors (Lipinski definition) is 5. The van der Waals surface area contributed by atoms with Crippen molar-refractivity contribution >= 4 is 5.78 Å². The molecule has 0 spiro atoms. The predicted molar refractivity (Wildman–Crippen MR) is 111 cm³/mol. The van der Waals surface area contributed by atoms with Gasteiger partial charge in [0.05, 0.1) is 5.56 Å². The molecule has 5 nitrogen and oxygen atoms in total. The first-order valence-corrected chi connectivity index (χ1v) is 10.1. The Kier molecular flexibility index (Phi) is 7.60. The van der Waals surface area contributed by atoms with Gasteiger partial charge in [0.2, 0.25) is 0 Å². The molecule has 28 heavy (non-hydrogen) atoms. The topological polar surface area (TPSA) is 53.0 Å². The molecule has 2 aromatic carbocycles. The third-order valence-electron chi connectivity index (χ3n) is 5.12. The maximum Gasteiger partial charge on any atom is 0.166 e. The van der Waals surface area contributed by atoms with E-state index in [0.29, 0.717) is 24.3 Å². The summed E-state index contributed by atoms with van der Waals surface area (Å²) in [4.78, 5) is 16.7. The van der Waals surface area contributed by atoms with E-state index >= 15 is 0 Å². The highest BCUT2D eigenvalue weighted by Gasteiger charge is 2.20.